The van der Waals surface area contributed by atoms with Crippen LogP contribution in [0, 0.1) is 5.82 Å². The summed E-state index contributed by atoms with van der Waals surface area (Å²) in [6.07, 6.45) is 2.10. The van der Waals surface area contributed by atoms with Crippen molar-refractivity contribution >= 4 is 5.91 Å². The van der Waals surface area contributed by atoms with Crippen LogP contribution in [-0.2, 0) is 14.3 Å². The van der Waals surface area contributed by atoms with E-state index in [1.807, 2.05) is 4.90 Å². The number of likely N-dealkylation sites (tertiary alicyclic amines) is 1. The number of halogens is 1. The van der Waals surface area contributed by atoms with Gasteiger partial charge in [-0.1, -0.05) is 12.1 Å². The normalized spacial score (nSPS) is 29.3. The molecule has 1 aromatic carbocycles. The van der Waals surface area contributed by atoms with Gasteiger partial charge in [-0.05, 0) is 24.1 Å². The molecule has 2 unspecified atom stereocenters. The van der Waals surface area contributed by atoms with Crippen molar-refractivity contribution in [3.63, 3.8) is 0 Å². The fourth-order valence-electron chi connectivity index (χ4n) is 3.71. The minimum Gasteiger partial charge on any atom is -0.347 e. The summed E-state index contributed by atoms with van der Waals surface area (Å²) in [6, 6.07) is 6.13. The van der Waals surface area contributed by atoms with E-state index in [0.29, 0.717) is 32.7 Å². The third-order valence-electron chi connectivity index (χ3n) is 5.12. The molecule has 0 aromatic heterocycles. The fourth-order valence-corrected chi connectivity index (χ4v) is 3.71. The van der Waals surface area contributed by atoms with E-state index in [1.165, 1.54) is 12.1 Å². The van der Waals surface area contributed by atoms with E-state index in [1.54, 1.807) is 12.1 Å². The predicted molar refractivity (Wildman–Crippen MR) is 84.3 cm³/mol. The van der Waals surface area contributed by atoms with E-state index in [0.717, 1.165) is 18.4 Å². The molecule has 3 heterocycles. The maximum atomic E-state index is 13.0. The van der Waals surface area contributed by atoms with Crippen LogP contribution in [0.15, 0.2) is 24.3 Å². The fraction of sp³-hybridized carbons (Fsp3) is 0.588. The zero-order chi connectivity index (χ0) is 16.6. The van der Waals surface area contributed by atoms with E-state index in [-0.39, 0.29) is 23.8 Å². The highest BCUT2D eigenvalue weighted by Crippen LogP contribution is 2.32. The van der Waals surface area contributed by atoms with Crippen molar-refractivity contribution in [1.82, 2.24) is 15.8 Å². The molecular formula is C17H22FN3O3. The number of rotatable bonds is 2. The molecule has 0 radical (unpaired) electrons. The predicted octanol–water partition coefficient (Wildman–Crippen LogP) is 1.10. The number of piperidine rings is 1. The van der Waals surface area contributed by atoms with Crippen molar-refractivity contribution in [2.24, 2.45) is 0 Å². The first-order valence-corrected chi connectivity index (χ1v) is 8.48. The van der Waals surface area contributed by atoms with Crippen molar-refractivity contribution in [1.29, 1.82) is 0 Å². The van der Waals surface area contributed by atoms with Crippen LogP contribution < -0.4 is 10.9 Å². The summed E-state index contributed by atoms with van der Waals surface area (Å²) < 4.78 is 24.4. The number of amides is 1. The molecule has 2 N–H and O–H groups in total. The maximum Gasteiger partial charge on any atom is 0.241 e. The van der Waals surface area contributed by atoms with Gasteiger partial charge in [0.15, 0.2) is 5.79 Å². The van der Waals surface area contributed by atoms with Gasteiger partial charge in [-0.15, -0.1) is 0 Å². The topological polar surface area (TPSA) is 62.8 Å². The number of benzene rings is 1. The Morgan fingerprint density at radius 2 is 1.79 bits per heavy atom. The minimum atomic E-state index is -0.464. The highest BCUT2D eigenvalue weighted by atomic mass is 19.1. The van der Waals surface area contributed by atoms with Gasteiger partial charge in [0.25, 0.3) is 0 Å². The highest BCUT2D eigenvalue weighted by Gasteiger charge is 2.42. The van der Waals surface area contributed by atoms with E-state index in [9.17, 15) is 9.18 Å². The first-order chi connectivity index (χ1) is 11.7. The summed E-state index contributed by atoms with van der Waals surface area (Å²) >= 11 is 0. The summed E-state index contributed by atoms with van der Waals surface area (Å²) in [7, 11) is 0. The molecule has 24 heavy (non-hydrogen) atoms. The lowest BCUT2D eigenvalue weighted by atomic mass is 9.99. The second kappa shape index (κ2) is 6.40. The standard InChI is InChI=1S/C17H22FN3O3/c18-13-3-1-12(2-4-13)14-11-15(20-19-14)16(22)21-7-5-17(6-8-21)23-9-10-24-17/h1-4,14-15,19-20H,5-11H2. The van der Waals surface area contributed by atoms with E-state index < -0.39 is 5.79 Å². The summed E-state index contributed by atoms with van der Waals surface area (Å²) in [4.78, 5) is 14.6. The number of ether oxygens (including phenoxy) is 2. The lowest BCUT2D eigenvalue weighted by molar-refractivity contribution is -0.187. The second-order valence-electron chi connectivity index (χ2n) is 6.61. The van der Waals surface area contributed by atoms with E-state index in [4.69, 9.17) is 9.47 Å². The van der Waals surface area contributed by atoms with Gasteiger partial charge in [0.1, 0.15) is 11.9 Å². The van der Waals surface area contributed by atoms with Crippen molar-refractivity contribution < 1.29 is 18.7 Å². The smallest absolute Gasteiger partial charge is 0.241 e. The molecule has 7 heteroatoms. The Labute approximate surface area is 140 Å². The Morgan fingerprint density at radius 1 is 1.12 bits per heavy atom. The van der Waals surface area contributed by atoms with Gasteiger partial charge in [-0.25, -0.2) is 15.2 Å². The number of hydrogen-bond donors (Lipinski definition) is 2. The van der Waals surface area contributed by atoms with Gasteiger partial charge in [0.05, 0.1) is 13.2 Å². The van der Waals surface area contributed by atoms with Gasteiger partial charge in [0, 0.05) is 32.0 Å². The Bertz CT molecular complexity index is 594. The van der Waals surface area contributed by atoms with Crippen LogP contribution in [0.25, 0.3) is 0 Å². The Balaban J connectivity index is 1.33. The number of hydrazine groups is 1. The van der Waals surface area contributed by atoms with Crippen molar-refractivity contribution in [2.75, 3.05) is 26.3 Å². The second-order valence-corrected chi connectivity index (χ2v) is 6.61. The number of carbonyl (C=O) groups excluding carboxylic acids is 1. The van der Waals surface area contributed by atoms with Crippen molar-refractivity contribution in [2.45, 2.75) is 37.1 Å². The molecule has 3 saturated heterocycles. The summed E-state index contributed by atoms with van der Waals surface area (Å²) in [5.41, 5.74) is 7.20. The average molecular weight is 335 g/mol. The largest absolute Gasteiger partial charge is 0.347 e. The van der Waals surface area contributed by atoms with Crippen LogP contribution >= 0.6 is 0 Å². The average Bonchev–Trinajstić information content (AvgIpc) is 3.26. The zero-order valence-electron chi connectivity index (χ0n) is 13.5. The van der Waals surface area contributed by atoms with Crippen LogP contribution in [0.1, 0.15) is 30.9 Å². The number of carbonyl (C=O) groups is 1. The molecule has 1 aromatic rings. The molecule has 3 aliphatic rings. The SMILES string of the molecule is O=C(C1CC(c2ccc(F)cc2)NN1)N1CCC2(CC1)OCCO2. The van der Waals surface area contributed by atoms with Crippen LogP contribution in [0.4, 0.5) is 4.39 Å². The van der Waals surface area contributed by atoms with Gasteiger partial charge >= 0.3 is 0 Å². The number of nitrogens with zero attached hydrogens (tertiary/aromatic N) is 1. The first kappa shape index (κ1) is 16.0. The summed E-state index contributed by atoms with van der Waals surface area (Å²) in [5.74, 6) is -0.620. The summed E-state index contributed by atoms with van der Waals surface area (Å²) in [5, 5.41) is 0. The molecule has 1 spiro atoms. The molecule has 3 fully saturated rings. The van der Waals surface area contributed by atoms with Gasteiger partial charge in [0.2, 0.25) is 5.91 Å². The Kier molecular flexibility index (Phi) is 4.26. The van der Waals surface area contributed by atoms with Gasteiger partial charge in [-0.3, -0.25) is 4.79 Å². The molecule has 0 saturated carbocycles. The molecule has 0 aliphatic carbocycles. The van der Waals surface area contributed by atoms with Crippen LogP contribution in [0.2, 0.25) is 0 Å². The monoisotopic (exact) mass is 335 g/mol. The van der Waals surface area contributed by atoms with Gasteiger partial charge < -0.3 is 14.4 Å². The first-order valence-electron chi connectivity index (χ1n) is 8.48. The summed E-state index contributed by atoms with van der Waals surface area (Å²) in [6.45, 7) is 2.58. The highest BCUT2D eigenvalue weighted by molar-refractivity contribution is 5.82. The maximum absolute atomic E-state index is 13.0. The molecule has 130 valence electrons. The van der Waals surface area contributed by atoms with Gasteiger partial charge in [-0.2, -0.15) is 0 Å². The Hall–Kier alpha value is -1.54. The Morgan fingerprint density at radius 3 is 2.46 bits per heavy atom. The lowest BCUT2D eigenvalue weighted by Gasteiger charge is -2.38. The molecule has 6 nitrogen and oxygen atoms in total. The van der Waals surface area contributed by atoms with Crippen molar-refractivity contribution in [3.8, 4) is 0 Å². The molecule has 4 rings (SSSR count). The molecular weight excluding hydrogens is 313 g/mol. The van der Waals surface area contributed by atoms with Crippen LogP contribution in [0.3, 0.4) is 0 Å². The van der Waals surface area contributed by atoms with Crippen molar-refractivity contribution in [3.05, 3.63) is 35.6 Å². The molecule has 0 bridgehead atoms. The quantitative estimate of drug-likeness (QED) is 0.847. The minimum absolute atomic E-state index is 0.0113. The lowest BCUT2D eigenvalue weighted by Crippen LogP contribution is -2.52. The zero-order valence-corrected chi connectivity index (χ0v) is 13.5. The molecule has 1 amide bonds. The number of hydrogen-bond acceptors (Lipinski definition) is 5. The third-order valence-corrected chi connectivity index (χ3v) is 5.12. The molecule has 2 atom stereocenters. The third kappa shape index (κ3) is 3.04. The molecule has 3 aliphatic heterocycles. The van der Waals surface area contributed by atoms with Crippen LogP contribution in [0.5, 0.6) is 0 Å². The van der Waals surface area contributed by atoms with E-state index >= 15 is 0 Å². The van der Waals surface area contributed by atoms with Crippen LogP contribution in [-0.4, -0.2) is 48.9 Å². The number of nitrogens with one attached hydrogen (secondary N) is 2. The van der Waals surface area contributed by atoms with E-state index in [2.05, 4.69) is 10.9 Å².